The molecule has 0 saturated carbocycles. The number of anilines is 1. The highest BCUT2D eigenvalue weighted by atomic mass is 32.1. The number of aliphatic hydroxyl groups is 1. The SMILES string of the molecule is Cc1ccc(NC(=O)N2CCCC(C)C2CO)s1. The summed E-state index contributed by atoms with van der Waals surface area (Å²) in [6.07, 6.45) is 2.08. The van der Waals surface area contributed by atoms with E-state index in [2.05, 4.69) is 12.2 Å². The van der Waals surface area contributed by atoms with E-state index in [4.69, 9.17) is 0 Å². The first kappa shape index (κ1) is 13.4. The lowest BCUT2D eigenvalue weighted by Crippen LogP contribution is -2.51. The summed E-state index contributed by atoms with van der Waals surface area (Å²) in [5, 5.41) is 13.2. The molecule has 0 aromatic carbocycles. The fourth-order valence-corrected chi connectivity index (χ4v) is 3.22. The summed E-state index contributed by atoms with van der Waals surface area (Å²) < 4.78 is 0. The smallest absolute Gasteiger partial charge is 0.322 e. The van der Waals surface area contributed by atoms with Crippen LogP contribution in [0.15, 0.2) is 12.1 Å². The van der Waals surface area contributed by atoms with Crippen molar-refractivity contribution in [2.24, 2.45) is 5.92 Å². The first-order valence-electron chi connectivity index (χ1n) is 6.36. The maximum atomic E-state index is 12.2. The Bertz CT molecular complexity index is 419. The van der Waals surface area contributed by atoms with Crippen molar-refractivity contribution in [3.05, 3.63) is 17.0 Å². The van der Waals surface area contributed by atoms with Gasteiger partial charge in [-0.1, -0.05) is 6.92 Å². The van der Waals surface area contributed by atoms with E-state index in [1.165, 1.54) is 4.88 Å². The average molecular weight is 268 g/mol. The molecule has 0 bridgehead atoms. The number of thiophene rings is 1. The number of rotatable bonds is 2. The highest BCUT2D eigenvalue weighted by Crippen LogP contribution is 2.25. The lowest BCUT2D eigenvalue weighted by molar-refractivity contribution is 0.0812. The van der Waals surface area contributed by atoms with Crippen LogP contribution in [-0.4, -0.2) is 35.2 Å². The van der Waals surface area contributed by atoms with Crippen LogP contribution in [0.5, 0.6) is 0 Å². The van der Waals surface area contributed by atoms with E-state index in [9.17, 15) is 9.90 Å². The van der Waals surface area contributed by atoms with Crippen LogP contribution in [-0.2, 0) is 0 Å². The van der Waals surface area contributed by atoms with E-state index < -0.39 is 0 Å². The van der Waals surface area contributed by atoms with Gasteiger partial charge >= 0.3 is 6.03 Å². The first-order valence-corrected chi connectivity index (χ1v) is 7.18. The van der Waals surface area contributed by atoms with E-state index in [1.807, 2.05) is 19.1 Å². The third-order valence-electron chi connectivity index (χ3n) is 3.53. The molecule has 4 nitrogen and oxygen atoms in total. The Morgan fingerprint density at radius 1 is 1.61 bits per heavy atom. The second-order valence-electron chi connectivity index (χ2n) is 4.90. The van der Waals surface area contributed by atoms with Crippen LogP contribution >= 0.6 is 11.3 Å². The molecule has 2 unspecified atom stereocenters. The van der Waals surface area contributed by atoms with Crippen LogP contribution in [0.2, 0.25) is 0 Å². The van der Waals surface area contributed by atoms with Gasteiger partial charge in [0.05, 0.1) is 17.6 Å². The summed E-state index contributed by atoms with van der Waals surface area (Å²) in [7, 11) is 0. The number of carbonyl (C=O) groups is 1. The Balaban J connectivity index is 2.03. The second-order valence-corrected chi connectivity index (χ2v) is 6.19. The van der Waals surface area contributed by atoms with E-state index in [0.717, 1.165) is 24.4 Å². The quantitative estimate of drug-likeness (QED) is 0.866. The number of aliphatic hydroxyl groups excluding tert-OH is 1. The number of piperidine rings is 1. The summed E-state index contributed by atoms with van der Waals surface area (Å²) in [5.74, 6) is 0.361. The molecular weight excluding hydrogens is 248 g/mol. The van der Waals surface area contributed by atoms with Gasteiger partial charge in [-0.2, -0.15) is 0 Å². The minimum Gasteiger partial charge on any atom is -0.394 e. The standard InChI is InChI=1S/C13H20N2O2S/c1-9-4-3-7-15(11(9)8-16)13(17)14-12-6-5-10(2)18-12/h5-6,9,11,16H,3-4,7-8H2,1-2H3,(H,14,17). The number of carbonyl (C=O) groups excluding carboxylic acids is 1. The van der Waals surface area contributed by atoms with Crippen molar-refractivity contribution in [2.45, 2.75) is 32.7 Å². The van der Waals surface area contributed by atoms with Gasteiger partial charge in [0, 0.05) is 11.4 Å². The van der Waals surface area contributed by atoms with Crippen LogP contribution in [0, 0.1) is 12.8 Å². The van der Waals surface area contributed by atoms with Crippen molar-refractivity contribution < 1.29 is 9.90 Å². The Hall–Kier alpha value is -1.07. The predicted octanol–water partition coefficient (Wildman–Crippen LogP) is 2.68. The number of nitrogens with one attached hydrogen (secondary N) is 1. The minimum absolute atomic E-state index is 0.0397. The molecule has 1 aliphatic heterocycles. The minimum atomic E-state index is -0.0950. The summed E-state index contributed by atoms with van der Waals surface area (Å²) in [6, 6.07) is 3.75. The van der Waals surface area contributed by atoms with Gasteiger partial charge in [-0.25, -0.2) is 4.79 Å². The van der Waals surface area contributed by atoms with Gasteiger partial charge in [0.1, 0.15) is 0 Å². The van der Waals surface area contributed by atoms with Crippen molar-refractivity contribution in [3.63, 3.8) is 0 Å². The van der Waals surface area contributed by atoms with Gasteiger partial charge in [-0.05, 0) is 37.8 Å². The molecule has 1 aromatic heterocycles. The zero-order chi connectivity index (χ0) is 13.1. The van der Waals surface area contributed by atoms with Crippen LogP contribution in [0.3, 0.4) is 0 Å². The first-order chi connectivity index (χ1) is 8.61. The summed E-state index contributed by atoms with van der Waals surface area (Å²) in [4.78, 5) is 15.1. The molecule has 2 rings (SSSR count). The Morgan fingerprint density at radius 3 is 3.00 bits per heavy atom. The maximum Gasteiger partial charge on any atom is 0.322 e. The second kappa shape index (κ2) is 5.71. The summed E-state index contributed by atoms with van der Waals surface area (Å²) in [6.45, 7) is 4.87. The van der Waals surface area contributed by atoms with E-state index in [1.54, 1.807) is 16.2 Å². The normalized spacial score (nSPS) is 24.1. The zero-order valence-electron chi connectivity index (χ0n) is 10.8. The number of hydrogen-bond donors (Lipinski definition) is 2. The number of likely N-dealkylation sites (tertiary alicyclic amines) is 1. The van der Waals surface area contributed by atoms with Crippen LogP contribution in [0.25, 0.3) is 0 Å². The highest BCUT2D eigenvalue weighted by molar-refractivity contribution is 7.16. The monoisotopic (exact) mass is 268 g/mol. The molecule has 2 N–H and O–H groups in total. The van der Waals surface area contributed by atoms with Gasteiger partial charge < -0.3 is 10.0 Å². The van der Waals surface area contributed by atoms with Gasteiger partial charge in [-0.3, -0.25) is 5.32 Å². The number of amides is 2. The Kier molecular flexibility index (Phi) is 4.24. The lowest BCUT2D eigenvalue weighted by atomic mass is 9.91. The topological polar surface area (TPSA) is 52.6 Å². The summed E-state index contributed by atoms with van der Waals surface area (Å²) >= 11 is 1.57. The molecule has 1 saturated heterocycles. The van der Waals surface area contributed by atoms with Gasteiger partial charge in [0.25, 0.3) is 0 Å². The van der Waals surface area contributed by atoms with Crippen molar-refractivity contribution in [1.82, 2.24) is 4.90 Å². The largest absolute Gasteiger partial charge is 0.394 e. The van der Waals surface area contributed by atoms with E-state index in [-0.39, 0.29) is 18.7 Å². The van der Waals surface area contributed by atoms with Gasteiger partial charge in [0.15, 0.2) is 0 Å². The van der Waals surface area contributed by atoms with Gasteiger partial charge in [-0.15, -0.1) is 11.3 Å². The van der Waals surface area contributed by atoms with Crippen molar-refractivity contribution in [1.29, 1.82) is 0 Å². The van der Waals surface area contributed by atoms with Crippen LogP contribution < -0.4 is 5.32 Å². The third kappa shape index (κ3) is 2.84. The molecule has 1 fully saturated rings. The van der Waals surface area contributed by atoms with E-state index in [0.29, 0.717) is 5.92 Å². The number of urea groups is 1. The molecule has 100 valence electrons. The predicted molar refractivity (Wildman–Crippen MR) is 74.1 cm³/mol. The van der Waals surface area contributed by atoms with Crippen LogP contribution in [0.1, 0.15) is 24.6 Å². The molecule has 2 atom stereocenters. The van der Waals surface area contributed by atoms with Gasteiger partial charge in [0.2, 0.25) is 0 Å². The summed E-state index contributed by atoms with van der Waals surface area (Å²) in [5.41, 5.74) is 0. The number of aryl methyl sites for hydroxylation is 1. The molecule has 1 aliphatic rings. The molecular formula is C13H20N2O2S. The van der Waals surface area contributed by atoms with Crippen molar-refractivity contribution >= 4 is 22.4 Å². The van der Waals surface area contributed by atoms with E-state index >= 15 is 0 Å². The molecule has 2 heterocycles. The fraction of sp³-hybridized carbons (Fsp3) is 0.615. The molecule has 0 radical (unpaired) electrons. The molecule has 0 aliphatic carbocycles. The van der Waals surface area contributed by atoms with Crippen molar-refractivity contribution in [2.75, 3.05) is 18.5 Å². The molecule has 0 spiro atoms. The number of nitrogens with zero attached hydrogens (tertiary/aromatic N) is 1. The van der Waals surface area contributed by atoms with Crippen molar-refractivity contribution in [3.8, 4) is 0 Å². The highest BCUT2D eigenvalue weighted by Gasteiger charge is 2.31. The zero-order valence-corrected chi connectivity index (χ0v) is 11.7. The lowest BCUT2D eigenvalue weighted by Gasteiger charge is -2.38. The number of hydrogen-bond acceptors (Lipinski definition) is 3. The fourth-order valence-electron chi connectivity index (χ4n) is 2.46. The molecule has 2 amide bonds. The average Bonchev–Trinajstić information content (AvgIpc) is 2.74. The maximum absolute atomic E-state index is 12.2. The molecule has 18 heavy (non-hydrogen) atoms. The molecule has 5 heteroatoms. The van der Waals surface area contributed by atoms with Crippen LogP contribution in [0.4, 0.5) is 9.80 Å². The Labute approximate surface area is 112 Å². The third-order valence-corrected chi connectivity index (χ3v) is 4.45. The molecule has 1 aromatic rings. The Morgan fingerprint density at radius 2 is 2.39 bits per heavy atom.